The summed E-state index contributed by atoms with van der Waals surface area (Å²) in [6, 6.07) is 11.0. The van der Waals surface area contributed by atoms with Gasteiger partial charge in [0.15, 0.2) is 5.78 Å². The zero-order chi connectivity index (χ0) is 22.5. The van der Waals surface area contributed by atoms with Crippen LogP contribution in [-0.4, -0.2) is 30.0 Å². The number of anilines is 1. The fourth-order valence-corrected chi connectivity index (χ4v) is 4.20. The van der Waals surface area contributed by atoms with Crippen LogP contribution in [0, 0.1) is 12.3 Å². The van der Waals surface area contributed by atoms with Crippen molar-refractivity contribution in [3.05, 3.63) is 63.8 Å². The highest BCUT2D eigenvalue weighted by atomic mass is 16.4. The number of hydrogen-bond acceptors (Lipinski definition) is 6. The van der Waals surface area contributed by atoms with Crippen LogP contribution in [0.1, 0.15) is 42.1 Å². The summed E-state index contributed by atoms with van der Waals surface area (Å²) in [7, 11) is 3.93. The van der Waals surface area contributed by atoms with Gasteiger partial charge in [-0.1, -0.05) is 26.0 Å². The van der Waals surface area contributed by atoms with E-state index in [4.69, 9.17) is 4.42 Å². The Morgan fingerprint density at radius 2 is 1.71 bits per heavy atom. The number of benzene rings is 1. The molecule has 2 aromatic heterocycles. The summed E-state index contributed by atoms with van der Waals surface area (Å²) < 4.78 is 5.21. The number of aromatic hydroxyl groups is 1. The first-order valence-electron chi connectivity index (χ1n) is 10.2. The van der Waals surface area contributed by atoms with Gasteiger partial charge in [0.1, 0.15) is 17.1 Å². The van der Waals surface area contributed by atoms with Gasteiger partial charge in [0.05, 0.1) is 11.4 Å². The van der Waals surface area contributed by atoms with E-state index >= 15 is 0 Å². The Balaban J connectivity index is 1.99. The molecule has 1 aromatic carbocycles. The van der Waals surface area contributed by atoms with E-state index in [0.717, 1.165) is 11.3 Å². The van der Waals surface area contributed by atoms with Gasteiger partial charge in [0, 0.05) is 37.8 Å². The Kier molecular flexibility index (Phi) is 4.96. The second-order valence-electron chi connectivity index (χ2n) is 9.16. The fraction of sp³-hybridized carbons (Fsp3) is 0.320. The van der Waals surface area contributed by atoms with Gasteiger partial charge in [0.2, 0.25) is 0 Å². The Labute approximate surface area is 181 Å². The van der Waals surface area contributed by atoms with Crippen LogP contribution in [0.25, 0.3) is 22.4 Å². The third-order valence-corrected chi connectivity index (χ3v) is 5.66. The van der Waals surface area contributed by atoms with E-state index in [-0.39, 0.29) is 22.5 Å². The molecular formula is C25H26N2O4. The number of pyridine rings is 1. The smallest absolute Gasteiger partial charge is 0.349 e. The molecule has 3 aromatic rings. The molecule has 1 aliphatic rings. The maximum atomic E-state index is 13.1. The molecule has 6 nitrogen and oxygen atoms in total. The highest BCUT2D eigenvalue weighted by Crippen LogP contribution is 2.40. The molecule has 0 amide bonds. The summed E-state index contributed by atoms with van der Waals surface area (Å²) >= 11 is 0. The first-order chi connectivity index (χ1) is 14.6. The van der Waals surface area contributed by atoms with Crippen LogP contribution < -0.4 is 10.5 Å². The minimum Gasteiger partial charge on any atom is -0.507 e. The summed E-state index contributed by atoms with van der Waals surface area (Å²) in [5.74, 6) is 0.175. The van der Waals surface area contributed by atoms with E-state index in [1.165, 1.54) is 6.07 Å². The third kappa shape index (κ3) is 3.85. The van der Waals surface area contributed by atoms with Crippen LogP contribution in [0.3, 0.4) is 0 Å². The Morgan fingerprint density at radius 1 is 1.03 bits per heavy atom. The number of carbonyl (C=O) groups excluding carboxylic acids is 1. The zero-order valence-electron chi connectivity index (χ0n) is 18.4. The SMILES string of the molecule is Cc1cc(O)c(-c2cc(-c3ccc(N(C)C)cc3)c3c(n2)CC(C)(C)CC3=O)c(=O)o1. The molecule has 0 bridgehead atoms. The monoisotopic (exact) mass is 418 g/mol. The maximum Gasteiger partial charge on any atom is 0.349 e. The minimum absolute atomic E-state index is 0.00962. The molecule has 0 saturated heterocycles. The number of rotatable bonds is 3. The lowest BCUT2D eigenvalue weighted by Gasteiger charge is -2.31. The molecule has 160 valence electrons. The molecule has 6 heteroatoms. The number of fused-ring (bicyclic) bond motifs is 1. The van der Waals surface area contributed by atoms with E-state index in [1.54, 1.807) is 13.0 Å². The normalized spacial score (nSPS) is 14.9. The molecule has 0 unspecified atom stereocenters. The number of aromatic nitrogens is 1. The summed E-state index contributed by atoms with van der Waals surface area (Å²) in [5.41, 5.74) is 3.28. The Hall–Kier alpha value is -3.41. The number of Topliss-reactive ketones (excluding diaryl/α,β-unsaturated/α-hetero) is 1. The molecule has 0 fully saturated rings. The average Bonchev–Trinajstić information content (AvgIpc) is 2.65. The quantitative estimate of drug-likeness (QED) is 0.669. The first kappa shape index (κ1) is 20.8. The summed E-state index contributed by atoms with van der Waals surface area (Å²) in [6.07, 6.45) is 1.03. The second-order valence-corrected chi connectivity index (χ2v) is 9.16. The van der Waals surface area contributed by atoms with Crippen molar-refractivity contribution in [2.75, 3.05) is 19.0 Å². The van der Waals surface area contributed by atoms with Crippen LogP contribution in [0.2, 0.25) is 0 Å². The summed E-state index contributed by atoms with van der Waals surface area (Å²) in [4.78, 5) is 32.3. The zero-order valence-corrected chi connectivity index (χ0v) is 18.4. The molecule has 2 heterocycles. The van der Waals surface area contributed by atoms with Crippen LogP contribution in [0.15, 0.2) is 45.6 Å². The highest BCUT2D eigenvalue weighted by molar-refractivity contribution is 6.05. The molecule has 0 aliphatic heterocycles. The van der Waals surface area contributed by atoms with Crippen molar-refractivity contribution in [3.63, 3.8) is 0 Å². The lowest BCUT2D eigenvalue weighted by molar-refractivity contribution is 0.0911. The lowest BCUT2D eigenvalue weighted by atomic mass is 9.74. The lowest BCUT2D eigenvalue weighted by Crippen LogP contribution is -2.28. The Bertz CT molecular complexity index is 1240. The predicted octanol–water partition coefficient (Wildman–Crippen LogP) is 4.60. The van der Waals surface area contributed by atoms with Crippen LogP contribution in [0.4, 0.5) is 5.69 Å². The summed E-state index contributed by atoms with van der Waals surface area (Å²) in [5, 5.41) is 10.5. The molecule has 31 heavy (non-hydrogen) atoms. The van der Waals surface area contributed by atoms with Gasteiger partial charge in [-0.25, -0.2) is 4.79 Å². The van der Waals surface area contributed by atoms with Gasteiger partial charge in [-0.05, 0) is 48.1 Å². The van der Waals surface area contributed by atoms with E-state index in [9.17, 15) is 14.7 Å². The molecule has 0 spiro atoms. The van der Waals surface area contributed by atoms with Gasteiger partial charge in [-0.15, -0.1) is 0 Å². The topological polar surface area (TPSA) is 83.6 Å². The van der Waals surface area contributed by atoms with E-state index < -0.39 is 5.63 Å². The van der Waals surface area contributed by atoms with Crippen molar-refractivity contribution >= 4 is 11.5 Å². The van der Waals surface area contributed by atoms with Crippen LogP contribution >= 0.6 is 0 Å². The van der Waals surface area contributed by atoms with E-state index in [1.807, 2.05) is 57.1 Å². The summed E-state index contributed by atoms with van der Waals surface area (Å²) in [6.45, 7) is 5.67. The van der Waals surface area contributed by atoms with Gasteiger partial charge in [-0.2, -0.15) is 0 Å². The predicted molar refractivity (Wildman–Crippen MR) is 121 cm³/mol. The van der Waals surface area contributed by atoms with Crippen molar-refractivity contribution in [2.24, 2.45) is 5.41 Å². The average molecular weight is 418 g/mol. The first-order valence-corrected chi connectivity index (χ1v) is 10.2. The van der Waals surface area contributed by atoms with E-state index in [0.29, 0.717) is 41.1 Å². The second kappa shape index (κ2) is 7.38. The molecule has 0 saturated carbocycles. The van der Waals surface area contributed by atoms with Crippen molar-refractivity contribution < 1.29 is 14.3 Å². The molecule has 0 atom stereocenters. The van der Waals surface area contributed by atoms with Crippen LogP contribution in [0.5, 0.6) is 5.75 Å². The number of ketones is 1. The molecule has 1 aliphatic carbocycles. The maximum absolute atomic E-state index is 13.1. The third-order valence-electron chi connectivity index (χ3n) is 5.66. The van der Waals surface area contributed by atoms with Gasteiger partial charge >= 0.3 is 5.63 Å². The van der Waals surface area contributed by atoms with Gasteiger partial charge in [-0.3, -0.25) is 9.78 Å². The molecule has 4 rings (SSSR count). The molecular weight excluding hydrogens is 392 g/mol. The van der Waals surface area contributed by atoms with E-state index in [2.05, 4.69) is 4.98 Å². The van der Waals surface area contributed by atoms with Crippen molar-refractivity contribution in [2.45, 2.75) is 33.6 Å². The van der Waals surface area contributed by atoms with Gasteiger partial charge in [0.25, 0.3) is 0 Å². The Morgan fingerprint density at radius 3 is 2.32 bits per heavy atom. The molecule has 0 radical (unpaired) electrons. The molecule has 1 N–H and O–H groups in total. The van der Waals surface area contributed by atoms with Crippen molar-refractivity contribution in [1.82, 2.24) is 4.98 Å². The standard InChI is InChI=1S/C25H26N2O4/c1-14-10-20(28)23(24(30)31-14)18-11-17(15-6-8-16(9-7-15)27(4)5)22-19(26-18)12-25(2,3)13-21(22)29/h6-11,28H,12-13H2,1-5H3. The van der Waals surface area contributed by atoms with Crippen molar-refractivity contribution in [1.29, 1.82) is 0 Å². The number of hydrogen-bond donors (Lipinski definition) is 1. The number of nitrogens with zero attached hydrogens (tertiary/aromatic N) is 2. The van der Waals surface area contributed by atoms with Gasteiger partial charge < -0.3 is 14.4 Å². The fourth-order valence-electron chi connectivity index (χ4n) is 4.20. The van der Waals surface area contributed by atoms with Crippen molar-refractivity contribution in [3.8, 4) is 28.1 Å². The number of carbonyl (C=O) groups is 1. The number of aryl methyl sites for hydroxylation is 1. The largest absolute Gasteiger partial charge is 0.507 e. The minimum atomic E-state index is -0.653. The van der Waals surface area contributed by atoms with Crippen LogP contribution in [-0.2, 0) is 6.42 Å². The highest BCUT2D eigenvalue weighted by Gasteiger charge is 2.35.